The molecular weight excluding hydrogens is 219 g/mol. The van der Waals surface area contributed by atoms with Gasteiger partial charge in [0.15, 0.2) is 0 Å². The Morgan fingerprint density at radius 1 is 1.41 bits per heavy atom. The number of rotatable bonds is 3. The van der Waals surface area contributed by atoms with Gasteiger partial charge in [-0.15, -0.1) is 0 Å². The summed E-state index contributed by atoms with van der Waals surface area (Å²) in [5.74, 6) is -0.241. The molecular formula is C13H19FN2O. The van der Waals surface area contributed by atoms with E-state index in [2.05, 4.69) is 17.3 Å². The molecule has 1 aliphatic heterocycles. The maximum atomic E-state index is 12.8. The molecule has 0 aliphatic carbocycles. The van der Waals surface area contributed by atoms with Crippen LogP contribution in [-0.4, -0.2) is 42.3 Å². The van der Waals surface area contributed by atoms with Crippen molar-refractivity contribution in [1.82, 2.24) is 4.90 Å². The van der Waals surface area contributed by atoms with E-state index in [0.29, 0.717) is 0 Å². The summed E-state index contributed by atoms with van der Waals surface area (Å²) in [5, 5.41) is 13.0. The van der Waals surface area contributed by atoms with E-state index in [0.717, 1.165) is 31.6 Å². The van der Waals surface area contributed by atoms with Crippen molar-refractivity contribution in [2.24, 2.45) is 0 Å². The highest BCUT2D eigenvalue weighted by molar-refractivity contribution is 5.46. The van der Waals surface area contributed by atoms with Crippen molar-refractivity contribution < 1.29 is 9.50 Å². The molecule has 2 rings (SSSR count). The van der Waals surface area contributed by atoms with E-state index >= 15 is 0 Å². The number of aliphatic hydroxyl groups excluding tert-OH is 1. The lowest BCUT2D eigenvalue weighted by atomic mass is 9.89. The number of anilines is 1. The molecule has 1 aliphatic rings. The van der Waals surface area contributed by atoms with Crippen molar-refractivity contribution in [2.75, 3.05) is 32.1 Å². The third-order valence-electron chi connectivity index (χ3n) is 3.32. The second-order valence-electron chi connectivity index (χ2n) is 4.91. The van der Waals surface area contributed by atoms with E-state index in [-0.39, 0.29) is 18.0 Å². The minimum atomic E-state index is -0.301. The van der Waals surface area contributed by atoms with Gasteiger partial charge in [0.1, 0.15) is 5.82 Å². The lowest BCUT2D eigenvalue weighted by Crippen LogP contribution is -2.54. The molecule has 0 saturated carbocycles. The molecule has 0 aromatic heterocycles. The fourth-order valence-electron chi connectivity index (χ4n) is 2.47. The molecule has 17 heavy (non-hydrogen) atoms. The molecule has 0 bridgehead atoms. The van der Waals surface area contributed by atoms with Crippen LogP contribution in [0.3, 0.4) is 0 Å². The third-order valence-corrected chi connectivity index (χ3v) is 3.32. The fraction of sp³-hybridized carbons (Fsp3) is 0.538. The molecule has 1 atom stereocenters. The van der Waals surface area contributed by atoms with Crippen LogP contribution in [-0.2, 0) is 0 Å². The van der Waals surface area contributed by atoms with Gasteiger partial charge in [-0.1, -0.05) is 0 Å². The number of likely N-dealkylation sites (tertiary alicyclic amines) is 1. The fourth-order valence-corrected chi connectivity index (χ4v) is 2.47. The number of halogens is 1. The summed E-state index contributed by atoms with van der Waals surface area (Å²) < 4.78 is 12.8. The van der Waals surface area contributed by atoms with Gasteiger partial charge in [-0.3, -0.25) is 0 Å². The highest BCUT2D eigenvalue weighted by atomic mass is 19.1. The van der Waals surface area contributed by atoms with Crippen molar-refractivity contribution in [1.29, 1.82) is 0 Å². The molecule has 0 amide bonds. The first kappa shape index (κ1) is 12.3. The Bertz CT molecular complexity index is 368. The van der Waals surface area contributed by atoms with Crippen LogP contribution in [0.5, 0.6) is 0 Å². The summed E-state index contributed by atoms with van der Waals surface area (Å²) in [6, 6.07) is 6.28. The van der Waals surface area contributed by atoms with Crippen molar-refractivity contribution in [3.8, 4) is 0 Å². The zero-order valence-electron chi connectivity index (χ0n) is 10.1. The lowest BCUT2D eigenvalue weighted by molar-refractivity contribution is 0.124. The summed E-state index contributed by atoms with van der Waals surface area (Å²) in [6.07, 6.45) is 2.00. The highest BCUT2D eigenvalue weighted by Crippen LogP contribution is 2.25. The van der Waals surface area contributed by atoms with Crippen molar-refractivity contribution >= 4 is 5.69 Å². The largest absolute Gasteiger partial charge is 0.394 e. The normalized spacial score (nSPS) is 25.8. The van der Waals surface area contributed by atoms with Crippen LogP contribution in [0.25, 0.3) is 0 Å². The van der Waals surface area contributed by atoms with Gasteiger partial charge >= 0.3 is 0 Å². The Morgan fingerprint density at radius 3 is 2.71 bits per heavy atom. The van der Waals surface area contributed by atoms with E-state index in [1.165, 1.54) is 12.1 Å². The minimum Gasteiger partial charge on any atom is -0.394 e. The molecule has 1 heterocycles. The molecule has 4 heteroatoms. The molecule has 1 fully saturated rings. The van der Waals surface area contributed by atoms with Gasteiger partial charge in [0.05, 0.1) is 12.1 Å². The number of benzene rings is 1. The Labute approximate surface area is 101 Å². The van der Waals surface area contributed by atoms with E-state index < -0.39 is 0 Å². The van der Waals surface area contributed by atoms with Gasteiger partial charge in [0.2, 0.25) is 0 Å². The Hall–Kier alpha value is -1.13. The first-order chi connectivity index (χ1) is 8.13. The lowest BCUT2D eigenvalue weighted by Gasteiger charge is -2.41. The van der Waals surface area contributed by atoms with Gasteiger partial charge in [-0.2, -0.15) is 0 Å². The van der Waals surface area contributed by atoms with Crippen LogP contribution in [0.1, 0.15) is 12.8 Å². The van der Waals surface area contributed by atoms with Gasteiger partial charge in [0.25, 0.3) is 0 Å². The van der Waals surface area contributed by atoms with Gasteiger partial charge in [-0.05, 0) is 50.7 Å². The quantitative estimate of drug-likeness (QED) is 0.841. The molecule has 1 unspecified atom stereocenters. The molecule has 1 aromatic rings. The van der Waals surface area contributed by atoms with Gasteiger partial charge < -0.3 is 15.3 Å². The van der Waals surface area contributed by atoms with Gasteiger partial charge in [-0.25, -0.2) is 4.39 Å². The number of hydrogen-bond donors (Lipinski definition) is 2. The summed E-state index contributed by atoms with van der Waals surface area (Å²) in [6.45, 7) is 1.96. The number of nitrogens with one attached hydrogen (secondary N) is 1. The second-order valence-corrected chi connectivity index (χ2v) is 4.91. The van der Waals surface area contributed by atoms with E-state index in [1.807, 2.05) is 0 Å². The molecule has 3 nitrogen and oxygen atoms in total. The van der Waals surface area contributed by atoms with E-state index in [9.17, 15) is 9.50 Å². The Morgan fingerprint density at radius 2 is 2.12 bits per heavy atom. The predicted octanol–water partition coefficient (Wildman–Crippen LogP) is 1.69. The summed E-state index contributed by atoms with van der Waals surface area (Å²) in [7, 11) is 2.05. The van der Waals surface area contributed by atoms with Crippen molar-refractivity contribution in [2.45, 2.75) is 18.4 Å². The third kappa shape index (κ3) is 2.96. The van der Waals surface area contributed by atoms with Crippen LogP contribution >= 0.6 is 0 Å². The summed E-state index contributed by atoms with van der Waals surface area (Å²) in [4.78, 5) is 2.20. The predicted molar refractivity (Wildman–Crippen MR) is 66.6 cm³/mol. The van der Waals surface area contributed by atoms with E-state index in [1.54, 1.807) is 12.1 Å². The topological polar surface area (TPSA) is 35.5 Å². The first-order valence-corrected chi connectivity index (χ1v) is 5.97. The average molecular weight is 238 g/mol. The maximum Gasteiger partial charge on any atom is 0.123 e. The molecule has 1 aromatic carbocycles. The van der Waals surface area contributed by atoms with Crippen LogP contribution in [0.2, 0.25) is 0 Å². The van der Waals surface area contributed by atoms with Crippen LogP contribution in [0, 0.1) is 5.82 Å². The summed E-state index contributed by atoms with van der Waals surface area (Å²) in [5.41, 5.74) is 0.556. The van der Waals surface area contributed by atoms with Crippen molar-refractivity contribution in [3.05, 3.63) is 30.1 Å². The smallest absolute Gasteiger partial charge is 0.123 e. The number of nitrogens with zero attached hydrogens (tertiary/aromatic N) is 1. The molecule has 0 spiro atoms. The van der Waals surface area contributed by atoms with Crippen LogP contribution < -0.4 is 5.32 Å². The number of hydrogen-bond acceptors (Lipinski definition) is 3. The van der Waals surface area contributed by atoms with Crippen molar-refractivity contribution in [3.63, 3.8) is 0 Å². The maximum absolute atomic E-state index is 12.8. The number of piperidine rings is 1. The highest BCUT2D eigenvalue weighted by Gasteiger charge is 2.33. The molecule has 0 radical (unpaired) electrons. The van der Waals surface area contributed by atoms with Crippen LogP contribution in [0.15, 0.2) is 24.3 Å². The molecule has 94 valence electrons. The average Bonchev–Trinajstić information content (AvgIpc) is 2.32. The molecule has 2 N–H and O–H groups in total. The zero-order valence-corrected chi connectivity index (χ0v) is 10.1. The van der Waals surface area contributed by atoms with Gasteiger partial charge in [0, 0.05) is 12.2 Å². The van der Waals surface area contributed by atoms with Crippen LogP contribution in [0.4, 0.5) is 10.1 Å². The SMILES string of the molecule is CN1CCCC(CO)(Nc2ccc(F)cc2)C1. The Balaban J connectivity index is 2.10. The minimum absolute atomic E-state index is 0.0920. The zero-order chi connectivity index (χ0) is 12.3. The molecule has 1 saturated heterocycles. The summed E-state index contributed by atoms with van der Waals surface area (Å²) >= 11 is 0. The second kappa shape index (κ2) is 5.02. The number of likely N-dealkylation sites (N-methyl/N-ethyl adjacent to an activating group) is 1. The monoisotopic (exact) mass is 238 g/mol. The Kier molecular flexibility index (Phi) is 3.64. The number of aliphatic hydroxyl groups is 1. The standard InChI is InChI=1S/C13H19FN2O/c1-16-8-2-7-13(9-16,10-17)15-12-5-3-11(14)4-6-12/h3-6,15,17H,2,7-10H2,1H3. The van der Waals surface area contributed by atoms with E-state index in [4.69, 9.17) is 0 Å². The first-order valence-electron chi connectivity index (χ1n) is 5.97.